The third-order valence-electron chi connectivity index (χ3n) is 2.83. The van der Waals surface area contributed by atoms with Crippen molar-refractivity contribution in [2.24, 2.45) is 0 Å². The highest BCUT2D eigenvalue weighted by molar-refractivity contribution is 7.15. The Kier molecular flexibility index (Phi) is 8.79. The van der Waals surface area contributed by atoms with E-state index in [1.165, 1.54) is 11.3 Å². The number of unbranched alkanes of at least 4 members (excludes halogenated alkanes) is 1. The van der Waals surface area contributed by atoms with E-state index >= 15 is 0 Å². The Morgan fingerprint density at radius 1 is 1.27 bits per heavy atom. The van der Waals surface area contributed by atoms with Crippen molar-refractivity contribution in [3.8, 4) is 0 Å². The van der Waals surface area contributed by atoms with Gasteiger partial charge in [0.15, 0.2) is 12.4 Å². The van der Waals surface area contributed by atoms with Gasteiger partial charge in [-0.05, 0) is 6.42 Å². The van der Waals surface area contributed by atoms with Crippen LogP contribution in [0.25, 0.3) is 0 Å². The molecule has 0 saturated heterocycles. The lowest BCUT2D eigenvalue weighted by atomic mass is 10.2. The zero-order valence-electron chi connectivity index (χ0n) is 12.4. The molecule has 6 nitrogen and oxygen atoms in total. The van der Waals surface area contributed by atoms with Gasteiger partial charge in [-0.25, -0.2) is 4.57 Å². The second-order valence-corrected chi connectivity index (χ2v) is 5.61. The lowest BCUT2D eigenvalue weighted by molar-refractivity contribution is -0.697. The van der Waals surface area contributed by atoms with E-state index in [4.69, 9.17) is 4.74 Å². The molecule has 2 heterocycles. The molecule has 0 saturated carbocycles. The molecule has 2 aromatic rings. The summed E-state index contributed by atoms with van der Waals surface area (Å²) in [6.07, 6.45) is 6.36. The van der Waals surface area contributed by atoms with Crippen molar-refractivity contribution < 1.29 is 31.1 Å². The first-order chi connectivity index (χ1) is 10.3. The van der Waals surface area contributed by atoms with Gasteiger partial charge in [0, 0.05) is 32.1 Å². The van der Waals surface area contributed by atoms with Crippen molar-refractivity contribution in [3.63, 3.8) is 0 Å². The molecule has 8 heteroatoms. The Morgan fingerprint density at radius 2 is 2.05 bits per heavy atom. The Bertz CT molecular complexity index is 565. The molecule has 22 heavy (non-hydrogen) atoms. The fraction of sp³-hybridized carbons (Fsp3) is 0.429. The second-order valence-electron chi connectivity index (χ2n) is 4.55. The molecule has 0 unspecified atom stereocenters. The molecule has 0 aliphatic carbocycles. The number of aryl methyl sites for hydroxylation is 1. The summed E-state index contributed by atoms with van der Waals surface area (Å²) in [5.74, 6) is -0.0202. The predicted molar refractivity (Wildman–Crippen MR) is 79.7 cm³/mol. The summed E-state index contributed by atoms with van der Waals surface area (Å²) in [6.45, 7) is 1.34. The van der Waals surface area contributed by atoms with Crippen molar-refractivity contribution in [1.29, 1.82) is 0 Å². The van der Waals surface area contributed by atoms with Crippen LogP contribution in [-0.4, -0.2) is 23.2 Å². The van der Waals surface area contributed by atoms with E-state index in [2.05, 4.69) is 20.1 Å². The van der Waals surface area contributed by atoms with E-state index in [0.717, 1.165) is 24.4 Å². The minimum atomic E-state index is -0.0202. The highest BCUT2D eigenvalue weighted by Crippen LogP contribution is 2.16. The average Bonchev–Trinajstić information content (AvgIpc) is 2.92. The van der Waals surface area contributed by atoms with E-state index in [1.54, 1.807) is 7.11 Å². The van der Waals surface area contributed by atoms with E-state index in [-0.39, 0.29) is 22.9 Å². The van der Waals surface area contributed by atoms with E-state index in [0.29, 0.717) is 18.2 Å². The number of anilines is 1. The SMILES string of the molecule is COCc1nnc(NC(=O)CCCC[n+]2ccccc2)s1.[Br-]. The molecule has 2 aromatic heterocycles. The minimum Gasteiger partial charge on any atom is -1.00 e. The Morgan fingerprint density at radius 3 is 2.77 bits per heavy atom. The fourth-order valence-electron chi connectivity index (χ4n) is 1.83. The van der Waals surface area contributed by atoms with Crippen molar-refractivity contribution in [3.05, 3.63) is 35.6 Å². The third kappa shape index (κ3) is 6.59. The summed E-state index contributed by atoms with van der Waals surface area (Å²) >= 11 is 1.34. The van der Waals surface area contributed by atoms with Crippen molar-refractivity contribution in [2.75, 3.05) is 12.4 Å². The van der Waals surface area contributed by atoms with Crippen LogP contribution in [-0.2, 0) is 22.7 Å². The highest BCUT2D eigenvalue weighted by atomic mass is 79.9. The van der Waals surface area contributed by atoms with Crippen LogP contribution in [0.3, 0.4) is 0 Å². The summed E-state index contributed by atoms with van der Waals surface area (Å²) < 4.78 is 7.07. The molecule has 0 aliphatic heterocycles. The first-order valence-electron chi connectivity index (χ1n) is 6.83. The van der Waals surface area contributed by atoms with E-state index < -0.39 is 0 Å². The molecule has 120 valence electrons. The first-order valence-corrected chi connectivity index (χ1v) is 7.65. The van der Waals surface area contributed by atoms with Gasteiger partial charge in [-0.2, -0.15) is 0 Å². The number of hydrogen-bond donors (Lipinski definition) is 1. The molecule has 0 radical (unpaired) electrons. The quantitative estimate of drug-likeness (QED) is 0.456. The number of hydrogen-bond acceptors (Lipinski definition) is 5. The largest absolute Gasteiger partial charge is 1.00 e. The Hall–Kier alpha value is -1.38. The zero-order valence-corrected chi connectivity index (χ0v) is 14.8. The molecule has 2 rings (SSSR count). The van der Waals surface area contributed by atoms with Crippen LogP contribution in [0, 0.1) is 0 Å². The number of nitrogens with one attached hydrogen (secondary N) is 1. The molecule has 0 spiro atoms. The number of carbonyl (C=O) groups is 1. The molecule has 0 fully saturated rings. The fourth-order valence-corrected chi connectivity index (χ4v) is 2.56. The van der Waals surface area contributed by atoms with E-state index in [1.807, 2.05) is 30.6 Å². The molecule has 1 N–H and O–H groups in total. The number of amides is 1. The maximum atomic E-state index is 11.8. The van der Waals surface area contributed by atoms with Crippen molar-refractivity contribution in [1.82, 2.24) is 10.2 Å². The maximum absolute atomic E-state index is 11.8. The van der Waals surface area contributed by atoms with Gasteiger partial charge in [0.1, 0.15) is 18.2 Å². The summed E-state index contributed by atoms with van der Waals surface area (Å²) in [7, 11) is 1.60. The smallest absolute Gasteiger partial charge is 0.226 e. The first kappa shape index (κ1) is 18.7. The van der Waals surface area contributed by atoms with Crippen LogP contribution in [0.1, 0.15) is 24.3 Å². The number of carbonyl (C=O) groups excluding carboxylic acids is 1. The zero-order chi connectivity index (χ0) is 14.9. The summed E-state index contributed by atoms with van der Waals surface area (Å²) in [4.78, 5) is 11.8. The summed E-state index contributed by atoms with van der Waals surface area (Å²) in [5.41, 5.74) is 0. The lowest BCUT2D eigenvalue weighted by Crippen LogP contribution is -3.00. The normalized spacial score (nSPS) is 10.0. The number of rotatable bonds is 8. The van der Waals surface area contributed by atoms with Gasteiger partial charge >= 0.3 is 0 Å². The molecule has 1 amide bonds. The number of methoxy groups -OCH3 is 1. The molecule has 0 aliphatic rings. The molecule has 0 atom stereocenters. The number of nitrogens with zero attached hydrogens (tertiary/aromatic N) is 3. The summed E-state index contributed by atoms with van der Waals surface area (Å²) in [6, 6.07) is 5.99. The van der Waals surface area contributed by atoms with Crippen LogP contribution < -0.4 is 26.9 Å². The third-order valence-corrected chi connectivity index (χ3v) is 3.64. The van der Waals surface area contributed by atoms with E-state index in [9.17, 15) is 4.79 Å². The average molecular weight is 387 g/mol. The number of aromatic nitrogens is 3. The predicted octanol–water partition coefficient (Wildman–Crippen LogP) is -1.21. The molecule has 0 bridgehead atoms. The highest BCUT2D eigenvalue weighted by Gasteiger charge is 2.08. The van der Waals surface area contributed by atoms with Gasteiger partial charge in [0.05, 0.1) is 0 Å². The number of ether oxygens (including phenoxy) is 1. The van der Waals surface area contributed by atoms with Gasteiger partial charge in [-0.1, -0.05) is 17.4 Å². The van der Waals surface area contributed by atoms with Crippen molar-refractivity contribution >= 4 is 22.4 Å². The maximum Gasteiger partial charge on any atom is 0.226 e. The van der Waals surface area contributed by atoms with Crippen molar-refractivity contribution in [2.45, 2.75) is 32.4 Å². The minimum absolute atomic E-state index is 0. The second kappa shape index (κ2) is 10.4. The van der Waals surface area contributed by atoms with Crippen LogP contribution >= 0.6 is 11.3 Å². The monoisotopic (exact) mass is 386 g/mol. The number of pyridine rings is 1. The van der Waals surface area contributed by atoms with Crippen LogP contribution in [0.4, 0.5) is 5.13 Å². The van der Waals surface area contributed by atoms with Gasteiger partial charge < -0.3 is 27.0 Å². The molecular weight excluding hydrogens is 368 g/mol. The van der Waals surface area contributed by atoms with Crippen LogP contribution in [0.15, 0.2) is 30.6 Å². The van der Waals surface area contributed by atoms with Gasteiger partial charge in [-0.3, -0.25) is 4.79 Å². The lowest BCUT2D eigenvalue weighted by Gasteiger charge is -2.00. The van der Waals surface area contributed by atoms with Crippen LogP contribution in [0.2, 0.25) is 0 Å². The van der Waals surface area contributed by atoms with Gasteiger partial charge in [-0.15, -0.1) is 10.2 Å². The molecule has 0 aromatic carbocycles. The number of halogens is 1. The van der Waals surface area contributed by atoms with Gasteiger partial charge in [0.2, 0.25) is 11.0 Å². The summed E-state index contributed by atoms with van der Waals surface area (Å²) in [5, 5.41) is 11.9. The van der Waals surface area contributed by atoms with Crippen LogP contribution in [0.5, 0.6) is 0 Å². The Labute approximate surface area is 144 Å². The van der Waals surface area contributed by atoms with Gasteiger partial charge in [0.25, 0.3) is 0 Å². The Balaban J connectivity index is 0.00000242. The molecular formula is C14H19BrN4O2S. The standard InChI is InChI=1S/C14H18N4O2S.BrH/c1-20-11-13-16-17-14(21-13)15-12(19)7-3-6-10-18-8-4-2-5-9-18;/h2,4-5,8-9H,3,6-7,10-11H2,1H3;1H. The topological polar surface area (TPSA) is 68.0 Å².